The average molecular weight is 226 g/mol. The van der Waals surface area contributed by atoms with Crippen molar-refractivity contribution < 1.29 is 9.53 Å². The van der Waals surface area contributed by atoms with Gasteiger partial charge in [0, 0.05) is 31.7 Å². The van der Waals surface area contributed by atoms with Crippen LogP contribution in [0.3, 0.4) is 0 Å². The molecular formula is C12H22N2O2. The van der Waals surface area contributed by atoms with Crippen molar-refractivity contribution in [2.24, 2.45) is 5.41 Å². The lowest BCUT2D eigenvalue weighted by Gasteiger charge is -2.48. The van der Waals surface area contributed by atoms with Gasteiger partial charge in [0.05, 0.1) is 0 Å². The topological polar surface area (TPSA) is 32.8 Å². The number of rotatable bonds is 4. The number of ether oxygens (including phenoxy) is 1. The highest BCUT2D eigenvalue weighted by Crippen LogP contribution is 2.39. The summed E-state index contributed by atoms with van der Waals surface area (Å²) in [5.74, 6) is 0.155. The van der Waals surface area contributed by atoms with Crippen LogP contribution < -0.4 is 0 Å². The highest BCUT2D eigenvalue weighted by atomic mass is 16.5. The van der Waals surface area contributed by atoms with Gasteiger partial charge < -0.3 is 14.5 Å². The second-order valence-electron chi connectivity index (χ2n) is 5.01. The Morgan fingerprint density at radius 3 is 2.62 bits per heavy atom. The fraction of sp³-hybridized carbons (Fsp3) is 0.917. The number of hydrogen-bond acceptors (Lipinski definition) is 3. The average Bonchev–Trinajstić information content (AvgIpc) is 2.68. The van der Waals surface area contributed by atoms with Crippen molar-refractivity contribution in [1.29, 1.82) is 0 Å². The SMILES string of the molecule is CCOCC(=O)N1CC2(CCN(CC)C2)C1. The molecule has 2 aliphatic rings. The van der Waals surface area contributed by atoms with Crippen LogP contribution in [-0.2, 0) is 9.53 Å². The van der Waals surface area contributed by atoms with E-state index in [4.69, 9.17) is 4.74 Å². The van der Waals surface area contributed by atoms with Crippen LogP contribution in [0.4, 0.5) is 0 Å². The van der Waals surface area contributed by atoms with Gasteiger partial charge in [-0.05, 0) is 26.4 Å². The Morgan fingerprint density at radius 2 is 2.06 bits per heavy atom. The summed E-state index contributed by atoms with van der Waals surface area (Å²) in [4.78, 5) is 16.1. The fourth-order valence-corrected chi connectivity index (χ4v) is 2.78. The Balaban J connectivity index is 1.75. The maximum absolute atomic E-state index is 11.7. The van der Waals surface area contributed by atoms with E-state index in [2.05, 4.69) is 11.8 Å². The van der Waals surface area contributed by atoms with Crippen molar-refractivity contribution in [2.45, 2.75) is 20.3 Å². The van der Waals surface area contributed by atoms with Gasteiger partial charge in [0.15, 0.2) is 0 Å². The van der Waals surface area contributed by atoms with E-state index < -0.39 is 0 Å². The molecule has 0 bridgehead atoms. The molecule has 2 rings (SSSR count). The van der Waals surface area contributed by atoms with Crippen LogP contribution in [0.5, 0.6) is 0 Å². The summed E-state index contributed by atoms with van der Waals surface area (Å²) in [6, 6.07) is 0. The van der Waals surface area contributed by atoms with Crippen LogP contribution in [0.15, 0.2) is 0 Å². The van der Waals surface area contributed by atoms with Crippen LogP contribution >= 0.6 is 0 Å². The van der Waals surface area contributed by atoms with Crippen LogP contribution in [0, 0.1) is 5.41 Å². The number of hydrogen-bond donors (Lipinski definition) is 0. The molecule has 0 aromatic carbocycles. The van der Waals surface area contributed by atoms with E-state index >= 15 is 0 Å². The summed E-state index contributed by atoms with van der Waals surface area (Å²) < 4.78 is 5.14. The Kier molecular flexibility index (Phi) is 3.50. The number of amides is 1. The van der Waals surface area contributed by atoms with E-state index in [-0.39, 0.29) is 12.5 Å². The highest BCUT2D eigenvalue weighted by Gasteiger charge is 2.48. The molecule has 0 unspecified atom stereocenters. The molecule has 2 heterocycles. The first-order valence-electron chi connectivity index (χ1n) is 6.27. The minimum absolute atomic E-state index is 0.155. The minimum atomic E-state index is 0.155. The predicted octanol–water partition coefficient (Wildman–Crippen LogP) is 0.577. The normalized spacial score (nSPS) is 23.8. The molecule has 0 aromatic heterocycles. The van der Waals surface area contributed by atoms with Crippen molar-refractivity contribution in [3.05, 3.63) is 0 Å². The minimum Gasteiger partial charge on any atom is -0.372 e. The lowest BCUT2D eigenvalue weighted by Crippen LogP contribution is -2.60. The first-order valence-corrected chi connectivity index (χ1v) is 6.27. The molecule has 0 aliphatic carbocycles. The van der Waals surface area contributed by atoms with Crippen LogP contribution in [0.1, 0.15) is 20.3 Å². The van der Waals surface area contributed by atoms with Gasteiger partial charge in [-0.15, -0.1) is 0 Å². The van der Waals surface area contributed by atoms with Gasteiger partial charge in [0.1, 0.15) is 6.61 Å². The first kappa shape index (κ1) is 11.9. The summed E-state index contributed by atoms with van der Waals surface area (Å²) in [7, 11) is 0. The molecule has 0 saturated carbocycles. The molecule has 1 spiro atoms. The van der Waals surface area contributed by atoms with Crippen molar-refractivity contribution in [3.63, 3.8) is 0 Å². The smallest absolute Gasteiger partial charge is 0.248 e. The third-order valence-corrected chi connectivity index (χ3v) is 3.80. The summed E-state index contributed by atoms with van der Waals surface area (Å²) in [6.07, 6.45) is 1.25. The second kappa shape index (κ2) is 4.72. The third-order valence-electron chi connectivity index (χ3n) is 3.80. The molecule has 4 nitrogen and oxygen atoms in total. The van der Waals surface area contributed by atoms with Crippen molar-refractivity contribution in [3.8, 4) is 0 Å². The number of likely N-dealkylation sites (tertiary alicyclic amines) is 2. The lowest BCUT2D eigenvalue weighted by molar-refractivity contribution is -0.147. The highest BCUT2D eigenvalue weighted by molar-refractivity contribution is 5.78. The van der Waals surface area contributed by atoms with Gasteiger partial charge in [-0.1, -0.05) is 6.92 Å². The van der Waals surface area contributed by atoms with Gasteiger partial charge in [-0.25, -0.2) is 0 Å². The Labute approximate surface area is 97.5 Å². The van der Waals surface area contributed by atoms with Crippen LogP contribution in [0.25, 0.3) is 0 Å². The summed E-state index contributed by atoms with van der Waals surface area (Å²) in [6.45, 7) is 10.4. The standard InChI is InChI=1S/C12H22N2O2/c1-3-13-6-5-12(8-13)9-14(10-12)11(15)7-16-4-2/h3-10H2,1-2H3. The van der Waals surface area contributed by atoms with Crippen LogP contribution in [-0.4, -0.2) is 61.6 Å². The first-order chi connectivity index (χ1) is 7.69. The monoisotopic (exact) mass is 226 g/mol. The predicted molar refractivity (Wildman–Crippen MR) is 62.2 cm³/mol. The molecule has 92 valence electrons. The van der Waals surface area contributed by atoms with Crippen molar-refractivity contribution >= 4 is 5.91 Å². The molecule has 0 aromatic rings. The Bertz CT molecular complexity index is 262. The molecule has 16 heavy (non-hydrogen) atoms. The molecule has 1 amide bonds. The fourth-order valence-electron chi connectivity index (χ4n) is 2.78. The Hall–Kier alpha value is -0.610. The van der Waals surface area contributed by atoms with Crippen molar-refractivity contribution in [1.82, 2.24) is 9.80 Å². The molecule has 4 heteroatoms. The summed E-state index contributed by atoms with van der Waals surface area (Å²) >= 11 is 0. The van der Waals surface area contributed by atoms with E-state index in [0.29, 0.717) is 12.0 Å². The largest absolute Gasteiger partial charge is 0.372 e. The maximum atomic E-state index is 11.7. The molecule has 0 radical (unpaired) electrons. The van der Waals surface area contributed by atoms with Gasteiger partial charge in [-0.3, -0.25) is 4.79 Å². The lowest BCUT2D eigenvalue weighted by atomic mass is 9.79. The molecule has 2 aliphatic heterocycles. The van der Waals surface area contributed by atoms with Gasteiger partial charge in [0.2, 0.25) is 5.91 Å². The zero-order chi connectivity index (χ0) is 11.6. The van der Waals surface area contributed by atoms with E-state index in [0.717, 1.165) is 19.6 Å². The van der Waals surface area contributed by atoms with E-state index in [1.807, 2.05) is 11.8 Å². The number of carbonyl (C=O) groups excluding carboxylic acids is 1. The maximum Gasteiger partial charge on any atom is 0.248 e. The quantitative estimate of drug-likeness (QED) is 0.703. The zero-order valence-corrected chi connectivity index (χ0v) is 10.4. The van der Waals surface area contributed by atoms with E-state index in [1.165, 1.54) is 19.5 Å². The van der Waals surface area contributed by atoms with E-state index in [9.17, 15) is 4.79 Å². The van der Waals surface area contributed by atoms with Crippen molar-refractivity contribution in [2.75, 3.05) is 45.9 Å². The molecule has 2 fully saturated rings. The summed E-state index contributed by atoms with van der Waals surface area (Å²) in [5.41, 5.74) is 0.415. The second-order valence-corrected chi connectivity index (χ2v) is 5.01. The Morgan fingerprint density at radius 1 is 1.31 bits per heavy atom. The number of nitrogens with zero attached hydrogens (tertiary/aromatic N) is 2. The summed E-state index contributed by atoms with van der Waals surface area (Å²) in [5, 5.41) is 0. The molecule has 2 saturated heterocycles. The van der Waals surface area contributed by atoms with Crippen LogP contribution in [0.2, 0.25) is 0 Å². The molecular weight excluding hydrogens is 204 g/mol. The van der Waals surface area contributed by atoms with E-state index in [1.54, 1.807) is 0 Å². The molecule has 0 N–H and O–H groups in total. The third kappa shape index (κ3) is 2.23. The zero-order valence-electron chi connectivity index (χ0n) is 10.4. The van der Waals surface area contributed by atoms with Gasteiger partial charge in [-0.2, -0.15) is 0 Å². The molecule has 0 atom stereocenters. The van der Waals surface area contributed by atoms with Gasteiger partial charge in [0.25, 0.3) is 0 Å². The number of carbonyl (C=O) groups is 1. The van der Waals surface area contributed by atoms with Gasteiger partial charge >= 0.3 is 0 Å².